The van der Waals surface area contributed by atoms with Gasteiger partial charge in [0.05, 0.1) is 8.07 Å². The topological polar surface area (TPSA) is 69.4 Å². The fourth-order valence-corrected chi connectivity index (χ4v) is 4.43. The molecular formula is C10H13BrF3NO3SSi. The molecule has 0 heterocycles. The monoisotopic (exact) mass is 391 g/mol. The van der Waals surface area contributed by atoms with Gasteiger partial charge >= 0.3 is 15.6 Å². The second kappa shape index (κ2) is 5.23. The second-order valence-electron chi connectivity index (χ2n) is 5.10. The first kappa shape index (κ1) is 17.3. The maximum Gasteiger partial charge on any atom is 0.534 e. The summed E-state index contributed by atoms with van der Waals surface area (Å²) < 4.78 is 64.1. The Bertz CT molecular complexity index is 626. The van der Waals surface area contributed by atoms with Gasteiger partial charge in [0.2, 0.25) is 0 Å². The molecule has 0 aromatic heterocycles. The molecule has 0 aliphatic heterocycles. The predicted octanol–water partition coefficient (Wildman–Crippen LogP) is 2.80. The van der Waals surface area contributed by atoms with Gasteiger partial charge in [-0.2, -0.15) is 21.6 Å². The summed E-state index contributed by atoms with van der Waals surface area (Å²) in [5.74, 6) is -0.381. The molecule has 0 saturated carbocycles. The molecule has 2 N–H and O–H groups in total. The number of nitrogen functional groups attached to an aromatic ring is 1. The molecule has 0 spiro atoms. The number of rotatable bonds is 3. The number of benzene rings is 1. The Kier molecular flexibility index (Phi) is 4.52. The van der Waals surface area contributed by atoms with Crippen molar-refractivity contribution in [2.24, 2.45) is 0 Å². The van der Waals surface area contributed by atoms with Crippen molar-refractivity contribution in [3.05, 3.63) is 16.6 Å². The first-order valence-electron chi connectivity index (χ1n) is 5.36. The van der Waals surface area contributed by atoms with Gasteiger partial charge in [-0.25, -0.2) is 0 Å². The molecule has 0 aliphatic carbocycles. The Hall–Kier alpha value is -0.743. The average molecular weight is 392 g/mol. The summed E-state index contributed by atoms with van der Waals surface area (Å²) in [5, 5.41) is 0.327. The van der Waals surface area contributed by atoms with Gasteiger partial charge in [0.1, 0.15) is 5.75 Å². The molecule has 0 saturated heterocycles. The zero-order valence-electron chi connectivity index (χ0n) is 10.9. The number of hydrogen-bond acceptors (Lipinski definition) is 4. The molecular weight excluding hydrogens is 379 g/mol. The summed E-state index contributed by atoms with van der Waals surface area (Å²) in [4.78, 5) is 0. The van der Waals surface area contributed by atoms with Crippen molar-refractivity contribution in [1.29, 1.82) is 0 Å². The van der Waals surface area contributed by atoms with E-state index in [2.05, 4.69) is 20.1 Å². The van der Waals surface area contributed by atoms with Gasteiger partial charge in [0, 0.05) is 15.3 Å². The summed E-state index contributed by atoms with van der Waals surface area (Å²) in [7, 11) is -7.93. The Morgan fingerprint density at radius 1 is 1.25 bits per heavy atom. The van der Waals surface area contributed by atoms with E-state index in [1.54, 1.807) is 0 Å². The molecule has 1 rings (SSSR count). The van der Waals surface area contributed by atoms with Crippen LogP contribution in [0.25, 0.3) is 0 Å². The van der Waals surface area contributed by atoms with E-state index in [0.29, 0.717) is 9.66 Å². The minimum absolute atomic E-state index is 0.200. The predicted molar refractivity (Wildman–Crippen MR) is 77.1 cm³/mol. The molecule has 1 aromatic carbocycles. The smallest absolute Gasteiger partial charge is 0.399 e. The van der Waals surface area contributed by atoms with E-state index >= 15 is 0 Å². The molecule has 114 valence electrons. The highest BCUT2D eigenvalue weighted by atomic mass is 79.9. The maximum atomic E-state index is 12.4. The van der Waals surface area contributed by atoms with Crippen molar-refractivity contribution in [2.75, 3.05) is 5.73 Å². The standard InChI is InChI=1S/C10H13BrF3NO3SSi/c1-20(2,3)9-7(15)4-6(11)5-8(9)18-19(16,17)10(12,13)14/h4-5H,15H2,1-3H3. The van der Waals surface area contributed by atoms with Crippen molar-refractivity contribution < 1.29 is 25.8 Å². The first-order chi connectivity index (χ1) is 8.75. The van der Waals surface area contributed by atoms with Gasteiger partial charge in [0.25, 0.3) is 0 Å². The van der Waals surface area contributed by atoms with Crippen molar-refractivity contribution in [1.82, 2.24) is 0 Å². The number of hydrogen-bond donors (Lipinski definition) is 1. The van der Waals surface area contributed by atoms with Crippen LogP contribution in [-0.2, 0) is 10.1 Å². The largest absolute Gasteiger partial charge is 0.534 e. The van der Waals surface area contributed by atoms with Gasteiger partial charge in [0.15, 0.2) is 0 Å². The lowest BCUT2D eigenvalue weighted by Crippen LogP contribution is -2.42. The summed E-state index contributed by atoms with van der Waals surface area (Å²) in [6, 6.07) is 2.67. The van der Waals surface area contributed by atoms with E-state index in [9.17, 15) is 21.6 Å². The first-order valence-corrected chi connectivity index (χ1v) is 11.1. The number of anilines is 1. The summed E-state index contributed by atoms with van der Waals surface area (Å²) in [5.41, 5.74) is 0.499. The van der Waals surface area contributed by atoms with Crippen LogP contribution >= 0.6 is 15.9 Å². The van der Waals surface area contributed by atoms with E-state index in [0.717, 1.165) is 0 Å². The summed E-state index contributed by atoms with van der Waals surface area (Å²) >= 11 is 3.05. The molecule has 0 radical (unpaired) electrons. The molecule has 0 amide bonds. The third-order valence-corrected chi connectivity index (χ3v) is 5.79. The van der Waals surface area contributed by atoms with Crippen molar-refractivity contribution in [3.63, 3.8) is 0 Å². The van der Waals surface area contributed by atoms with E-state index in [1.165, 1.54) is 12.1 Å². The summed E-state index contributed by atoms with van der Waals surface area (Å²) in [6.45, 7) is 5.46. The van der Waals surface area contributed by atoms with Gasteiger partial charge in [-0.15, -0.1) is 0 Å². The Balaban J connectivity index is 3.47. The van der Waals surface area contributed by atoms with Gasteiger partial charge in [-0.3, -0.25) is 0 Å². The molecule has 10 heteroatoms. The zero-order valence-corrected chi connectivity index (χ0v) is 14.3. The molecule has 0 bridgehead atoms. The van der Waals surface area contributed by atoms with Crippen LogP contribution in [0.15, 0.2) is 16.6 Å². The lowest BCUT2D eigenvalue weighted by atomic mass is 10.3. The SMILES string of the molecule is C[Si](C)(C)c1c(N)cc(Br)cc1OS(=O)(=O)C(F)(F)F. The number of nitrogens with two attached hydrogens (primary N) is 1. The van der Waals surface area contributed by atoms with Crippen LogP contribution in [0.5, 0.6) is 5.75 Å². The van der Waals surface area contributed by atoms with Gasteiger partial charge < -0.3 is 9.92 Å². The van der Waals surface area contributed by atoms with Crippen molar-refractivity contribution in [3.8, 4) is 5.75 Å². The normalized spacial score (nSPS) is 13.3. The highest BCUT2D eigenvalue weighted by Gasteiger charge is 2.49. The van der Waals surface area contributed by atoms with Crippen LogP contribution in [0.3, 0.4) is 0 Å². The van der Waals surface area contributed by atoms with Crippen molar-refractivity contribution in [2.45, 2.75) is 25.1 Å². The van der Waals surface area contributed by atoms with Crippen LogP contribution in [-0.4, -0.2) is 22.0 Å². The van der Waals surface area contributed by atoms with Crippen molar-refractivity contribution >= 4 is 45.0 Å². The Morgan fingerprint density at radius 3 is 2.15 bits per heavy atom. The Morgan fingerprint density at radius 2 is 1.75 bits per heavy atom. The number of halogens is 4. The van der Waals surface area contributed by atoms with E-state index in [1.807, 2.05) is 19.6 Å². The highest BCUT2D eigenvalue weighted by Crippen LogP contribution is 2.30. The summed E-state index contributed by atoms with van der Waals surface area (Å²) in [6.07, 6.45) is 0. The van der Waals surface area contributed by atoms with E-state index in [-0.39, 0.29) is 11.4 Å². The molecule has 0 fully saturated rings. The van der Waals surface area contributed by atoms with Crippen LogP contribution in [0.4, 0.5) is 18.9 Å². The maximum absolute atomic E-state index is 12.4. The lowest BCUT2D eigenvalue weighted by molar-refractivity contribution is -0.0499. The third-order valence-electron chi connectivity index (χ3n) is 2.33. The second-order valence-corrected chi connectivity index (χ2v) is 12.6. The van der Waals surface area contributed by atoms with E-state index in [4.69, 9.17) is 5.73 Å². The minimum Gasteiger partial charge on any atom is -0.399 e. The van der Waals surface area contributed by atoms with Gasteiger partial charge in [-0.1, -0.05) is 35.6 Å². The zero-order chi connectivity index (χ0) is 15.9. The lowest BCUT2D eigenvalue weighted by Gasteiger charge is -2.23. The molecule has 0 aliphatic rings. The molecule has 20 heavy (non-hydrogen) atoms. The van der Waals surface area contributed by atoms with Crippen LogP contribution in [0, 0.1) is 0 Å². The molecule has 1 aromatic rings. The Labute approximate surface area is 124 Å². The highest BCUT2D eigenvalue weighted by molar-refractivity contribution is 9.10. The van der Waals surface area contributed by atoms with Crippen LogP contribution in [0.2, 0.25) is 19.6 Å². The van der Waals surface area contributed by atoms with Crippen LogP contribution < -0.4 is 15.1 Å². The van der Waals surface area contributed by atoms with Gasteiger partial charge in [-0.05, 0) is 12.1 Å². The minimum atomic E-state index is -5.72. The molecule has 4 nitrogen and oxygen atoms in total. The fourth-order valence-electron chi connectivity index (χ4n) is 1.64. The fraction of sp³-hybridized carbons (Fsp3) is 0.400. The molecule has 0 atom stereocenters. The molecule has 0 unspecified atom stereocenters. The third kappa shape index (κ3) is 3.67. The van der Waals surface area contributed by atoms with Crippen LogP contribution in [0.1, 0.15) is 0 Å². The number of alkyl halides is 3. The average Bonchev–Trinajstić information content (AvgIpc) is 2.09. The quantitative estimate of drug-likeness (QED) is 0.372. The van der Waals surface area contributed by atoms with E-state index < -0.39 is 23.7 Å².